The standard InChI is InChI=1S/C24H23N3/c1-24(2,3)20-15-9-10-16-21(20)25-23-19-14-8-7-13-18(19)22(26-27-23)17-11-5-4-6-12-17/h4-16H,1-3H3,(H,25,27). The molecule has 134 valence electrons. The zero-order valence-corrected chi connectivity index (χ0v) is 15.9. The number of nitrogens with one attached hydrogen (secondary N) is 1. The molecule has 0 spiro atoms. The lowest BCUT2D eigenvalue weighted by molar-refractivity contribution is 0.592. The molecule has 0 radical (unpaired) electrons. The lowest BCUT2D eigenvalue weighted by Gasteiger charge is -2.23. The molecule has 0 aliphatic carbocycles. The van der Waals surface area contributed by atoms with Crippen molar-refractivity contribution in [3.63, 3.8) is 0 Å². The van der Waals surface area contributed by atoms with Gasteiger partial charge in [0.25, 0.3) is 0 Å². The van der Waals surface area contributed by atoms with Crippen LogP contribution in [0.15, 0.2) is 78.9 Å². The maximum Gasteiger partial charge on any atom is 0.161 e. The molecule has 0 amide bonds. The predicted molar refractivity (Wildman–Crippen MR) is 113 cm³/mol. The number of fused-ring (bicyclic) bond motifs is 1. The average molecular weight is 353 g/mol. The third-order valence-corrected chi connectivity index (χ3v) is 4.72. The first kappa shape index (κ1) is 17.2. The Morgan fingerprint density at radius 1 is 0.667 bits per heavy atom. The zero-order valence-electron chi connectivity index (χ0n) is 15.9. The van der Waals surface area contributed by atoms with E-state index in [-0.39, 0.29) is 5.41 Å². The summed E-state index contributed by atoms with van der Waals surface area (Å²) in [4.78, 5) is 0. The normalized spacial score (nSPS) is 11.5. The second-order valence-corrected chi connectivity index (χ2v) is 7.73. The Balaban J connectivity index is 1.84. The molecule has 0 aliphatic heterocycles. The topological polar surface area (TPSA) is 37.8 Å². The molecule has 3 nitrogen and oxygen atoms in total. The summed E-state index contributed by atoms with van der Waals surface area (Å²) >= 11 is 0. The summed E-state index contributed by atoms with van der Waals surface area (Å²) in [5.41, 5.74) is 4.33. The van der Waals surface area contributed by atoms with Crippen LogP contribution in [0.1, 0.15) is 26.3 Å². The molecule has 0 atom stereocenters. The van der Waals surface area contributed by atoms with Crippen LogP contribution in [0.4, 0.5) is 11.5 Å². The van der Waals surface area contributed by atoms with E-state index in [1.54, 1.807) is 0 Å². The monoisotopic (exact) mass is 353 g/mol. The molecule has 1 aromatic heterocycles. The number of rotatable bonds is 3. The minimum atomic E-state index is 0.0385. The summed E-state index contributed by atoms with van der Waals surface area (Å²) in [5, 5.41) is 14.8. The van der Waals surface area contributed by atoms with Gasteiger partial charge >= 0.3 is 0 Å². The predicted octanol–water partition coefficient (Wildman–Crippen LogP) is 6.34. The molecular formula is C24H23N3. The molecule has 0 bridgehead atoms. The van der Waals surface area contributed by atoms with E-state index < -0.39 is 0 Å². The lowest BCUT2D eigenvalue weighted by Crippen LogP contribution is -2.14. The summed E-state index contributed by atoms with van der Waals surface area (Å²) in [7, 11) is 0. The minimum absolute atomic E-state index is 0.0385. The summed E-state index contributed by atoms with van der Waals surface area (Å²) in [6, 6.07) is 26.9. The Morgan fingerprint density at radius 2 is 1.30 bits per heavy atom. The number of hydrogen-bond acceptors (Lipinski definition) is 3. The highest BCUT2D eigenvalue weighted by Gasteiger charge is 2.18. The van der Waals surface area contributed by atoms with Gasteiger partial charge in [0.15, 0.2) is 5.82 Å². The van der Waals surface area contributed by atoms with Gasteiger partial charge in [-0.1, -0.05) is 93.6 Å². The maximum atomic E-state index is 4.55. The van der Waals surface area contributed by atoms with Crippen molar-refractivity contribution in [2.45, 2.75) is 26.2 Å². The number of para-hydroxylation sites is 1. The number of anilines is 2. The van der Waals surface area contributed by atoms with Crippen LogP contribution in [0, 0.1) is 0 Å². The molecule has 0 fully saturated rings. The fraction of sp³-hybridized carbons (Fsp3) is 0.167. The summed E-state index contributed by atoms with van der Waals surface area (Å²) < 4.78 is 0. The van der Waals surface area contributed by atoms with Crippen LogP contribution in [0.2, 0.25) is 0 Å². The molecule has 0 unspecified atom stereocenters. The highest BCUT2D eigenvalue weighted by atomic mass is 15.2. The fourth-order valence-electron chi connectivity index (χ4n) is 3.38. The van der Waals surface area contributed by atoms with E-state index in [0.29, 0.717) is 0 Å². The van der Waals surface area contributed by atoms with Crippen molar-refractivity contribution in [3.05, 3.63) is 84.4 Å². The van der Waals surface area contributed by atoms with Gasteiger partial charge in [-0.25, -0.2) is 0 Å². The maximum absolute atomic E-state index is 4.55. The summed E-state index contributed by atoms with van der Waals surface area (Å²) in [6.07, 6.45) is 0. The number of benzene rings is 3. The van der Waals surface area contributed by atoms with Crippen LogP contribution in [0.3, 0.4) is 0 Å². The molecule has 1 N–H and O–H groups in total. The molecule has 0 saturated carbocycles. The van der Waals surface area contributed by atoms with Crippen molar-refractivity contribution in [1.82, 2.24) is 10.2 Å². The second-order valence-electron chi connectivity index (χ2n) is 7.73. The first-order chi connectivity index (χ1) is 13.0. The van der Waals surface area contributed by atoms with Gasteiger partial charge in [0.1, 0.15) is 5.69 Å². The van der Waals surface area contributed by atoms with Crippen molar-refractivity contribution in [1.29, 1.82) is 0 Å². The highest BCUT2D eigenvalue weighted by Crippen LogP contribution is 2.34. The Kier molecular flexibility index (Phi) is 4.36. The van der Waals surface area contributed by atoms with Crippen LogP contribution in [-0.4, -0.2) is 10.2 Å². The third-order valence-electron chi connectivity index (χ3n) is 4.72. The fourth-order valence-corrected chi connectivity index (χ4v) is 3.38. The van der Waals surface area contributed by atoms with Crippen molar-refractivity contribution in [2.24, 2.45) is 0 Å². The lowest BCUT2D eigenvalue weighted by atomic mass is 9.86. The molecule has 0 saturated heterocycles. The average Bonchev–Trinajstić information content (AvgIpc) is 2.68. The van der Waals surface area contributed by atoms with Crippen molar-refractivity contribution in [2.75, 3.05) is 5.32 Å². The minimum Gasteiger partial charge on any atom is -0.338 e. The van der Waals surface area contributed by atoms with Crippen LogP contribution in [0.5, 0.6) is 0 Å². The summed E-state index contributed by atoms with van der Waals surface area (Å²) in [5.74, 6) is 0.780. The number of hydrogen-bond donors (Lipinski definition) is 1. The zero-order chi connectivity index (χ0) is 18.9. The van der Waals surface area contributed by atoms with E-state index >= 15 is 0 Å². The van der Waals surface area contributed by atoms with Crippen molar-refractivity contribution >= 4 is 22.3 Å². The Morgan fingerprint density at radius 3 is 2.04 bits per heavy atom. The van der Waals surface area contributed by atoms with Gasteiger partial charge in [-0.2, -0.15) is 0 Å². The second kappa shape index (κ2) is 6.84. The number of nitrogens with zero attached hydrogens (tertiary/aromatic N) is 2. The quantitative estimate of drug-likeness (QED) is 0.467. The van der Waals surface area contributed by atoms with Crippen LogP contribution in [0.25, 0.3) is 22.0 Å². The largest absolute Gasteiger partial charge is 0.338 e. The molecule has 3 aromatic carbocycles. The van der Waals surface area contributed by atoms with E-state index in [2.05, 4.69) is 78.7 Å². The van der Waals surface area contributed by atoms with E-state index in [0.717, 1.165) is 33.5 Å². The van der Waals surface area contributed by atoms with E-state index in [1.165, 1.54) is 5.56 Å². The first-order valence-corrected chi connectivity index (χ1v) is 9.21. The van der Waals surface area contributed by atoms with Gasteiger partial charge in [0.05, 0.1) is 0 Å². The molecule has 0 aliphatic rings. The highest BCUT2D eigenvalue weighted by molar-refractivity contribution is 6.00. The van der Waals surface area contributed by atoms with E-state index in [1.807, 2.05) is 36.4 Å². The molecule has 27 heavy (non-hydrogen) atoms. The van der Waals surface area contributed by atoms with Gasteiger partial charge < -0.3 is 5.32 Å². The van der Waals surface area contributed by atoms with Crippen molar-refractivity contribution < 1.29 is 0 Å². The Hall–Kier alpha value is -3.20. The van der Waals surface area contributed by atoms with Crippen LogP contribution < -0.4 is 5.32 Å². The van der Waals surface area contributed by atoms with Gasteiger partial charge in [0, 0.05) is 22.0 Å². The molecule has 1 heterocycles. The van der Waals surface area contributed by atoms with E-state index in [4.69, 9.17) is 0 Å². The van der Waals surface area contributed by atoms with Gasteiger partial charge in [0.2, 0.25) is 0 Å². The van der Waals surface area contributed by atoms with Crippen molar-refractivity contribution in [3.8, 4) is 11.3 Å². The molecular weight excluding hydrogens is 330 g/mol. The van der Waals surface area contributed by atoms with E-state index in [9.17, 15) is 0 Å². The first-order valence-electron chi connectivity index (χ1n) is 9.21. The van der Waals surface area contributed by atoms with Crippen LogP contribution >= 0.6 is 0 Å². The van der Waals surface area contributed by atoms with Gasteiger partial charge in [-0.05, 0) is 17.0 Å². The third kappa shape index (κ3) is 3.41. The molecule has 4 aromatic rings. The summed E-state index contributed by atoms with van der Waals surface area (Å²) in [6.45, 7) is 6.65. The Bertz CT molecular complexity index is 1080. The molecule has 3 heteroatoms. The SMILES string of the molecule is CC(C)(C)c1ccccc1Nc1nnc(-c2ccccc2)c2ccccc12. The number of aromatic nitrogens is 2. The molecule has 4 rings (SSSR count). The Labute approximate surface area is 160 Å². The van der Waals surface area contributed by atoms with Gasteiger partial charge in [-0.3, -0.25) is 0 Å². The smallest absolute Gasteiger partial charge is 0.161 e. The van der Waals surface area contributed by atoms with Gasteiger partial charge in [-0.15, -0.1) is 10.2 Å². The van der Waals surface area contributed by atoms with Crippen LogP contribution in [-0.2, 0) is 5.41 Å².